The van der Waals surface area contributed by atoms with Crippen LogP contribution in [0.3, 0.4) is 0 Å². The van der Waals surface area contributed by atoms with Crippen LogP contribution in [0.15, 0.2) is 18.2 Å². The van der Waals surface area contributed by atoms with Crippen molar-refractivity contribution in [2.75, 3.05) is 29.9 Å². The van der Waals surface area contributed by atoms with Crippen LogP contribution in [-0.2, 0) is 21.4 Å². The normalized spacial score (nSPS) is 25.2. The van der Waals surface area contributed by atoms with Gasteiger partial charge in [0.05, 0.1) is 23.9 Å². The second-order valence-electron chi connectivity index (χ2n) is 11.6. The van der Waals surface area contributed by atoms with Crippen LogP contribution >= 0.6 is 0 Å². The molecule has 5 rings (SSSR count). The number of imide groups is 1. The molecule has 2 aromatic rings. The average molecular weight is 539 g/mol. The summed E-state index contributed by atoms with van der Waals surface area (Å²) in [5.74, 6) is 0.935. The summed E-state index contributed by atoms with van der Waals surface area (Å²) in [5, 5.41) is 10.7. The van der Waals surface area contributed by atoms with Crippen LogP contribution in [-0.4, -0.2) is 70.4 Å². The van der Waals surface area contributed by atoms with Gasteiger partial charge in [-0.25, -0.2) is 4.79 Å². The van der Waals surface area contributed by atoms with Crippen LogP contribution in [0.1, 0.15) is 71.6 Å². The predicted octanol–water partition coefficient (Wildman–Crippen LogP) is 4.19. The highest BCUT2D eigenvalue weighted by Crippen LogP contribution is 2.32. The topological polar surface area (TPSA) is 109 Å². The summed E-state index contributed by atoms with van der Waals surface area (Å²) in [4.78, 5) is 41.0. The molecule has 10 heteroatoms. The van der Waals surface area contributed by atoms with Crippen molar-refractivity contribution in [3.8, 4) is 0 Å². The summed E-state index contributed by atoms with van der Waals surface area (Å²) in [7, 11) is 1.79. The lowest BCUT2D eigenvalue weighted by molar-refractivity contribution is -0.121. The van der Waals surface area contributed by atoms with Crippen LogP contribution in [0, 0.1) is 5.92 Å². The molecule has 39 heavy (non-hydrogen) atoms. The fourth-order valence-electron chi connectivity index (χ4n) is 6.63. The Morgan fingerprint density at radius 2 is 1.87 bits per heavy atom. The van der Waals surface area contributed by atoms with Gasteiger partial charge < -0.3 is 10.1 Å². The Bertz CT molecular complexity index is 1190. The smallest absolute Gasteiger partial charge is 0.329 e. The number of nitrogens with one attached hydrogen (secondary N) is 2. The first-order valence-electron chi connectivity index (χ1n) is 14.5. The summed E-state index contributed by atoms with van der Waals surface area (Å²) in [6.07, 6.45) is 10.3. The fourth-order valence-corrected chi connectivity index (χ4v) is 6.63. The standard InChI is InChI=1S/C29H42N6O4/c1-19-16-22(39-15-13-21-8-5-4-6-9-21)17-20(2)35(19)18-26(37)30-24-11-7-10-23-27(24)33(3)32-28(23)34-14-12-25(36)31-29(34)38/h7,10-11,19-22H,4-6,8-9,12-18H2,1-3H3,(H,30,37)(H,31,36,38)/t19-,20+,22+. The lowest BCUT2D eigenvalue weighted by atomic mass is 9.87. The van der Waals surface area contributed by atoms with Crippen molar-refractivity contribution >= 4 is 40.3 Å². The number of urea groups is 1. The van der Waals surface area contributed by atoms with E-state index in [1.54, 1.807) is 11.7 Å². The number of likely N-dealkylation sites (tertiary alicyclic amines) is 1. The highest BCUT2D eigenvalue weighted by molar-refractivity contribution is 6.11. The molecule has 2 aliphatic heterocycles. The monoisotopic (exact) mass is 538 g/mol. The SMILES string of the molecule is C[C@@H]1C[C@H](OCCC2CCCCC2)C[C@H](C)N1CC(=O)Nc1cccc2c(N3CCC(=O)NC3=O)nn(C)c12. The van der Waals surface area contributed by atoms with Gasteiger partial charge in [-0.1, -0.05) is 38.2 Å². The number of carbonyl (C=O) groups excluding carboxylic acids is 3. The van der Waals surface area contributed by atoms with E-state index in [9.17, 15) is 14.4 Å². The first-order valence-corrected chi connectivity index (χ1v) is 14.5. The molecule has 3 heterocycles. The quantitative estimate of drug-likeness (QED) is 0.522. The molecule has 2 N–H and O–H groups in total. The van der Waals surface area contributed by atoms with Crippen molar-refractivity contribution in [1.82, 2.24) is 20.0 Å². The number of hydrogen-bond acceptors (Lipinski definition) is 6. The number of rotatable bonds is 8. The van der Waals surface area contributed by atoms with E-state index in [0.29, 0.717) is 18.1 Å². The number of carbonyl (C=O) groups is 3. The molecule has 0 bridgehead atoms. The van der Waals surface area contributed by atoms with E-state index in [0.717, 1.165) is 36.3 Å². The molecule has 0 unspecified atom stereocenters. The van der Waals surface area contributed by atoms with Crippen LogP contribution in [0.5, 0.6) is 0 Å². The number of para-hydroxylation sites is 1. The average Bonchev–Trinajstić information content (AvgIpc) is 3.24. The Kier molecular flexibility index (Phi) is 8.52. The number of fused-ring (bicyclic) bond motifs is 1. The molecule has 1 aromatic carbocycles. The summed E-state index contributed by atoms with van der Waals surface area (Å²) in [6.45, 7) is 5.78. The zero-order valence-corrected chi connectivity index (χ0v) is 23.4. The highest BCUT2D eigenvalue weighted by atomic mass is 16.5. The molecule has 2 saturated heterocycles. The van der Waals surface area contributed by atoms with Gasteiger partial charge in [-0.3, -0.25) is 29.4 Å². The van der Waals surface area contributed by atoms with Gasteiger partial charge in [0.2, 0.25) is 11.8 Å². The van der Waals surface area contributed by atoms with Crippen LogP contribution < -0.4 is 15.5 Å². The maximum Gasteiger partial charge on any atom is 0.329 e. The van der Waals surface area contributed by atoms with E-state index in [1.807, 2.05) is 18.2 Å². The van der Waals surface area contributed by atoms with Crippen molar-refractivity contribution in [1.29, 1.82) is 0 Å². The van der Waals surface area contributed by atoms with E-state index in [2.05, 4.69) is 34.5 Å². The highest BCUT2D eigenvalue weighted by Gasteiger charge is 2.33. The number of aromatic nitrogens is 2. The molecule has 1 aliphatic carbocycles. The van der Waals surface area contributed by atoms with Crippen molar-refractivity contribution in [2.45, 2.75) is 89.8 Å². The molecule has 10 nitrogen and oxygen atoms in total. The minimum absolute atomic E-state index is 0.0815. The van der Waals surface area contributed by atoms with E-state index < -0.39 is 6.03 Å². The second kappa shape index (κ2) is 12.0. The Morgan fingerprint density at radius 3 is 2.59 bits per heavy atom. The van der Waals surface area contributed by atoms with Crippen molar-refractivity contribution in [2.24, 2.45) is 13.0 Å². The first kappa shape index (κ1) is 27.6. The molecule has 1 saturated carbocycles. The van der Waals surface area contributed by atoms with Gasteiger partial charge >= 0.3 is 6.03 Å². The molecule has 3 atom stereocenters. The van der Waals surface area contributed by atoms with Crippen molar-refractivity contribution in [3.05, 3.63) is 18.2 Å². The van der Waals surface area contributed by atoms with Gasteiger partial charge in [0, 0.05) is 44.1 Å². The lowest BCUT2D eigenvalue weighted by Gasteiger charge is -2.42. The van der Waals surface area contributed by atoms with E-state index >= 15 is 0 Å². The molecule has 3 aliphatic rings. The first-order chi connectivity index (χ1) is 18.8. The van der Waals surface area contributed by atoms with Crippen LogP contribution in [0.4, 0.5) is 16.3 Å². The van der Waals surface area contributed by atoms with Gasteiger partial charge in [-0.15, -0.1) is 0 Å². The number of aryl methyl sites for hydroxylation is 1. The second-order valence-corrected chi connectivity index (χ2v) is 11.6. The van der Waals surface area contributed by atoms with E-state index in [4.69, 9.17) is 4.74 Å². The van der Waals surface area contributed by atoms with Gasteiger partial charge in [-0.05, 0) is 51.2 Å². The van der Waals surface area contributed by atoms with Gasteiger partial charge in [0.1, 0.15) is 0 Å². The Hall–Kier alpha value is -2.98. The molecule has 0 spiro atoms. The minimum Gasteiger partial charge on any atom is -0.378 e. The zero-order chi connectivity index (χ0) is 27.5. The van der Waals surface area contributed by atoms with E-state index in [1.165, 1.54) is 43.4 Å². The lowest BCUT2D eigenvalue weighted by Crippen LogP contribution is -2.51. The fraction of sp³-hybridized carbons (Fsp3) is 0.655. The van der Waals surface area contributed by atoms with Crippen LogP contribution in [0.2, 0.25) is 0 Å². The third kappa shape index (κ3) is 6.27. The molecule has 3 fully saturated rings. The molecular weight excluding hydrogens is 496 g/mol. The Labute approximate surface area is 230 Å². The molecule has 1 aromatic heterocycles. The summed E-state index contributed by atoms with van der Waals surface area (Å²) < 4.78 is 7.99. The summed E-state index contributed by atoms with van der Waals surface area (Å²) in [5.41, 5.74) is 1.38. The number of hydrogen-bond donors (Lipinski definition) is 2. The van der Waals surface area contributed by atoms with Gasteiger partial charge in [0.25, 0.3) is 0 Å². The third-order valence-electron chi connectivity index (χ3n) is 8.70. The largest absolute Gasteiger partial charge is 0.378 e. The van der Waals surface area contributed by atoms with Gasteiger partial charge in [0.15, 0.2) is 5.82 Å². The number of ether oxygens (including phenoxy) is 1. The molecular formula is C29H42N6O4. The van der Waals surface area contributed by atoms with Crippen molar-refractivity contribution in [3.63, 3.8) is 0 Å². The van der Waals surface area contributed by atoms with Gasteiger partial charge in [-0.2, -0.15) is 5.10 Å². The zero-order valence-electron chi connectivity index (χ0n) is 23.4. The predicted molar refractivity (Wildman–Crippen MR) is 151 cm³/mol. The third-order valence-corrected chi connectivity index (χ3v) is 8.70. The van der Waals surface area contributed by atoms with E-state index in [-0.39, 0.29) is 43.0 Å². The number of benzene rings is 1. The minimum atomic E-state index is -0.481. The molecule has 212 valence electrons. The summed E-state index contributed by atoms with van der Waals surface area (Å²) in [6, 6.07) is 5.59. The summed E-state index contributed by atoms with van der Waals surface area (Å²) >= 11 is 0. The number of anilines is 2. The molecule has 0 radical (unpaired) electrons. The van der Waals surface area contributed by atoms with Crippen molar-refractivity contribution < 1.29 is 19.1 Å². The maximum absolute atomic E-state index is 13.2. The number of amides is 4. The Morgan fingerprint density at radius 1 is 1.13 bits per heavy atom. The number of piperidine rings is 1. The Balaban J connectivity index is 1.19. The van der Waals surface area contributed by atoms with Crippen LogP contribution in [0.25, 0.3) is 10.9 Å². The maximum atomic E-state index is 13.2. The molecule has 4 amide bonds. The number of nitrogens with zero attached hydrogens (tertiary/aromatic N) is 4.